The van der Waals surface area contributed by atoms with E-state index in [4.69, 9.17) is 4.74 Å². The molecular weight excluding hydrogens is 248 g/mol. The maximum atomic E-state index is 5.75. The molecule has 1 saturated carbocycles. The van der Waals surface area contributed by atoms with E-state index in [1.807, 2.05) is 0 Å². The van der Waals surface area contributed by atoms with Gasteiger partial charge in [-0.3, -0.25) is 0 Å². The zero-order valence-corrected chi connectivity index (χ0v) is 14.0. The summed E-state index contributed by atoms with van der Waals surface area (Å²) in [6.45, 7) is 17.3. The van der Waals surface area contributed by atoms with Crippen molar-refractivity contribution in [1.29, 1.82) is 0 Å². The number of ether oxygens (including phenoxy) is 1. The second kappa shape index (κ2) is 5.59. The molecular formula is C17H32N2O. The number of nitrogens with one attached hydrogen (secondary N) is 1. The number of likely N-dealkylation sites (tertiary alicyclic amines) is 1. The summed E-state index contributed by atoms with van der Waals surface area (Å²) in [6.07, 6.45) is 5.28. The highest BCUT2D eigenvalue weighted by Crippen LogP contribution is 2.49. The first kappa shape index (κ1) is 15.7. The minimum atomic E-state index is -0.159. The molecule has 20 heavy (non-hydrogen) atoms. The molecule has 0 atom stereocenters. The van der Waals surface area contributed by atoms with Gasteiger partial charge in [-0.05, 0) is 85.4 Å². The van der Waals surface area contributed by atoms with E-state index in [0.29, 0.717) is 17.5 Å². The molecule has 3 nitrogen and oxygen atoms in total. The molecule has 0 amide bonds. The van der Waals surface area contributed by atoms with Gasteiger partial charge in [-0.2, -0.15) is 0 Å². The Morgan fingerprint density at radius 3 is 2.25 bits per heavy atom. The quantitative estimate of drug-likeness (QED) is 0.798. The van der Waals surface area contributed by atoms with Gasteiger partial charge in [0.1, 0.15) is 5.60 Å². The molecule has 0 bridgehead atoms. The van der Waals surface area contributed by atoms with Crippen LogP contribution in [0.15, 0.2) is 12.5 Å². The first-order valence-electron chi connectivity index (χ1n) is 8.08. The van der Waals surface area contributed by atoms with Crippen LogP contribution in [0.5, 0.6) is 0 Å². The standard InChI is InChI=1S/C17H32N2O/c1-13(2)19-9-7-17(8-10-19)11-15(12-17)18-14(3)20-16(4,5)6/h13,15,18H,3,7-12H2,1-2,4-6H3. The number of nitrogens with zero attached hydrogens (tertiary/aromatic N) is 1. The van der Waals surface area contributed by atoms with Crippen LogP contribution in [0.25, 0.3) is 0 Å². The summed E-state index contributed by atoms with van der Waals surface area (Å²) in [5.41, 5.74) is 0.444. The van der Waals surface area contributed by atoms with Crippen molar-refractivity contribution in [1.82, 2.24) is 10.2 Å². The predicted molar refractivity (Wildman–Crippen MR) is 84.5 cm³/mol. The summed E-state index contributed by atoms with van der Waals surface area (Å²) in [4.78, 5) is 2.60. The smallest absolute Gasteiger partial charge is 0.180 e. The summed E-state index contributed by atoms with van der Waals surface area (Å²) in [5.74, 6) is 0.733. The average Bonchev–Trinajstić information content (AvgIpc) is 2.24. The summed E-state index contributed by atoms with van der Waals surface area (Å²) in [7, 11) is 0. The minimum absolute atomic E-state index is 0.159. The van der Waals surface area contributed by atoms with Gasteiger partial charge in [0.2, 0.25) is 0 Å². The molecule has 0 aromatic heterocycles. The second-order valence-electron chi connectivity index (χ2n) is 8.02. The zero-order chi connectivity index (χ0) is 15.0. The van der Waals surface area contributed by atoms with Gasteiger partial charge in [-0.25, -0.2) is 0 Å². The lowest BCUT2D eigenvalue weighted by Crippen LogP contribution is -2.54. The van der Waals surface area contributed by atoms with E-state index in [-0.39, 0.29) is 5.60 Å². The van der Waals surface area contributed by atoms with E-state index >= 15 is 0 Å². The van der Waals surface area contributed by atoms with Crippen LogP contribution < -0.4 is 5.32 Å². The van der Waals surface area contributed by atoms with Crippen LogP contribution in [0.2, 0.25) is 0 Å². The molecule has 1 heterocycles. The lowest BCUT2D eigenvalue weighted by Gasteiger charge is -2.53. The molecule has 0 radical (unpaired) electrons. The summed E-state index contributed by atoms with van der Waals surface area (Å²) >= 11 is 0. The SMILES string of the molecule is C=C(NC1CC2(CCN(C(C)C)CC2)C1)OC(C)(C)C. The lowest BCUT2D eigenvalue weighted by molar-refractivity contribution is -0.0167. The summed E-state index contributed by atoms with van der Waals surface area (Å²) in [6, 6.07) is 1.26. The molecule has 116 valence electrons. The van der Waals surface area contributed by atoms with Crippen molar-refractivity contribution < 1.29 is 4.74 Å². The van der Waals surface area contributed by atoms with Crippen molar-refractivity contribution in [2.45, 2.75) is 78.0 Å². The number of piperidine rings is 1. The number of hydrogen-bond acceptors (Lipinski definition) is 3. The molecule has 1 N–H and O–H groups in total. The fourth-order valence-corrected chi connectivity index (χ4v) is 3.64. The van der Waals surface area contributed by atoms with Crippen LogP contribution in [0.4, 0.5) is 0 Å². The number of hydrogen-bond donors (Lipinski definition) is 1. The minimum Gasteiger partial charge on any atom is -0.474 e. The monoisotopic (exact) mass is 280 g/mol. The Morgan fingerprint density at radius 1 is 1.25 bits per heavy atom. The molecule has 2 rings (SSSR count). The molecule has 2 aliphatic rings. The molecule has 1 spiro atoms. The van der Waals surface area contributed by atoms with Crippen LogP contribution in [0.1, 0.15) is 60.3 Å². The van der Waals surface area contributed by atoms with E-state index in [1.165, 1.54) is 38.8 Å². The van der Waals surface area contributed by atoms with Gasteiger partial charge in [-0.15, -0.1) is 0 Å². The fourth-order valence-electron chi connectivity index (χ4n) is 3.64. The Labute approximate surface area is 124 Å². The van der Waals surface area contributed by atoms with Crippen LogP contribution in [-0.2, 0) is 4.74 Å². The second-order valence-corrected chi connectivity index (χ2v) is 8.02. The third kappa shape index (κ3) is 3.91. The Balaban J connectivity index is 1.71. The third-order valence-corrected chi connectivity index (χ3v) is 4.74. The van der Waals surface area contributed by atoms with Crippen LogP contribution >= 0.6 is 0 Å². The fraction of sp³-hybridized carbons (Fsp3) is 0.882. The van der Waals surface area contributed by atoms with E-state index in [2.05, 4.69) is 51.4 Å². The molecule has 2 fully saturated rings. The Kier molecular flexibility index (Phi) is 4.38. The Hall–Kier alpha value is -0.700. The zero-order valence-electron chi connectivity index (χ0n) is 14.0. The van der Waals surface area contributed by atoms with Crippen molar-refractivity contribution >= 4 is 0 Å². The molecule has 1 saturated heterocycles. The third-order valence-electron chi connectivity index (χ3n) is 4.74. The highest BCUT2D eigenvalue weighted by atomic mass is 16.5. The Morgan fingerprint density at radius 2 is 1.80 bits per heavy atom. The van der Waals surface area contributed by atoms with Gasteiger partial charge in [0.15, 0.2) is 5.88 Å². The van der Waals surface area contributed by atoms with Gasteiger partial charge >= 0.3 is 0 Å². The van der Waals surface area contributed by atoms with E-state index in [0.717, 1.165) is 5.88 Å². The van der Waals surface area contributed by atoms with Gasteiger partial charge < -0.3 is 15.0 Å². The predicted octanol–water partition coefficient (Wildman–Crippen LogP) is 3.52. The van der Waals surface area contributed by atoms with Gasteiger partial charge in [0.25, 0.3) is 0 Å². The van der Waals surface area contributed by atoms with Crippen molar-refractivity contribution in [2.24, 2.45) is 5.41 Å². The molecule has 0 aromatic carbocycles. The molecule has 1 aliphatic heterocycles. The van der Waals surface area contributed by atoms with E-state index in [9.17, 15) is 0 Å². The largest absolute Gasteiger partial charge is 0.474 e. The highest BCUT2D eigenvalue weighted by molar-refractivity contribution is 5.03. The van der Waals surface area contributed by atoms with Crippen LogP contribution in [0, 0.1) is 5.41 Å². The van der Waals surface area contributed by atoms with Gasteiger partial charge in [0, 0.05) is 12.1 Å². The maximum Gasteiger partial charge on any atom is 0.180 e. The summed E-state index contributed by atoms with van der Waals surface area (Å²) < 4.78 is 5.75. The number of rotatable bonds is 4. The van der Waals surface area contributed by atoms with Crippen molar-refractivity contribution in [2.75, 3.05) is 13.1 Å². The van der Waals surface area contributed by atoms with Crippen LogP contribution in [0.3, 0.4) is 0 Å². The molecule has 1 aliphatic carbocycles. The van der Waals surface area contributed by atoms with Crippen molar-refractivity contribution in [3.8, 4) is 0 Å². The van der Waals surface area contributed by atoms with Gasteiger partial charge in [-0.1, -0.05) is 0 Å². The highest BCUT2D eigenvalue weighted by Gasteiger charge is 2.46. The first-order valence-corrected chi connectivity index (χ1v) is 8.08. The van der Waals surface area contributed by atoms with E-state index < -0.39 is 0 Å². The maximum absolute atomic E-state index is 5.75. The van der Waals surface area contributed by atoms with Gasteiger partial charge in [0.05, 0.1) is 0 Å². The summed E-state index contributed by atoms with van der Waals surface area (Å²) in [5, 5.41) is 3.45. The van der Waals surface area contributed by atoms with E-state index in [1.54, 1.807) is 0 Å². The molecule has 0 aromatic rings. The van der Waals surface area contributed by atoms with Crippen molar-refractivity contribution in [3.63, 3.8) is 0 Å². The lowest BCUT2D eigenvalue weighted by atomic mass is 9.60. The first-order chi connectivity index (χ1) is 9.19. The molecule has 3 heteroatoms. The normalized spacial score (nSPS) is 23.7. The Bertz CT molecular complexity index is 340. The van der Waals surface area contributed by atoms with Crippen molar-refractivity contribution in [3.05, 3.63) is 12.5 Å². The van der Waals surface area contributed by atoms with Crippen LogP contribution in [-0.4, -0.2) is 35.7 Å². The molecule has 0 unspecified atom stereocenters. The topological polar surface area (TPSA) is 24.5 Å². The average molecular weight is 280 g/mol.